The summed E-state index contributed by atoms with van der Waals surface area (Å²) in [6.07, 6.45) is 1.56. The molecule has 0 saturated carbocycles. The Morgan fingerprint density at radius 2 is 2.19 bits per heavy atom. The summed E-state index contributed by atoms with van der Waals surface area (Å²) < 4.78 is 6.95. The van der Waals surface area contributed by atoms with E-state index in [0.29, 0.717) is 11.8 Å². The summed E-state index contributed by atoms with van der Waals surface area (Å²) in [6.45, 7) is 1.86. The van der Waals surface area contributed by atoms with E-state index in [0.717, 1.165) is 5.69 Å². The number of ether oxygens (including phenoxy) is 1. The Morgan fingerprint density at radius 3 is 2.81 bits per heavy atom. The highest BCUT2D eigenvalue weighted by Gasteiger charge is 2.06. The first kappa shape index (κ1) is 10.3. The summed E-state index contributed by atoms with van der Waals surface area (Å²) in [4.78, 5) is 12.2. The van der Waals surface area contributed by atoms with Crippen molar-refractivity contribution in [1.82, 2.24) is 24.7 Å². The van der Waals surface area contributed by atoms with Crippen LogP contribution in [0.4, 0.5) is 5.95 Å². The zero-order valence-corrected chi connectivity index (χ0v) is 9.30. The van der Waals surface area contributed by atoms with Crippen LogP contribution in [-0.4, -0.2) is 31.8 Å². The summed E-state index contributed by atoms with van der Waals surface area (Å²) >= 11 is 0. The van der Waals surface area contributed by atoms with Crippen molar-refractivity contribution in [2.45, 2.75) is 6.92 Å². The minimum absolute atomic E-state index is 0.266. The van der Waals surface area contributed by atoms with Gasteiger partial charge in [-0.1, -0.05) is 0 Å². The lowest BCUT2D eigenvalue weighted by atomic mass is 10.4. The molecule has 84 valence electrons. The lowest BCUT2D eigenvalue weighted by molar-refractivity contribution is 0.421. The summed E-state index contributed by atoms with van der Waals surface area (Å²) in [5.41, 5.74) is 0.810. The summed E-state index contributed by atoms with van der Waals surface area (Å²) in [6, 6.07) is 1.99. The van der Waals surface area contributed by atoms with Crippen LogP contribution >= 0.6 is 0 Å². The molecule has 2 heterocycles. The predicted octanol–water partition coefficient (Wildman–Crippen LogP) is 0.748. The number of anilines is 1. The van der Waals surface area contributed by atoms with Crippen molar-refractivity contribution in [3.05, 3.63) is 18.1 Å². The Balaban J connectivity index is 2.24. The number of aromatic nitrogens is 5. The number of aryl methyl sites for hydroxylation is 2. The maximum Gasteiger partial charge on any atom is 0.342 e. The van der Waals surface area contributed by atoms with E-state index in [4.69, 9.17) is 4.74 Å². The van der Waals surface area contributed by atoms with E-state index in [1.165, 1.54) is 0 Å². The van der Waals surface area contributed by atoms with Gasteiger partial charge in [-0.25, -0.2) is 4.98 Å². The molecule has 0 bridgehead atoms. The summed E-state index contributed by atoms with van der Waals surface area (Å²) in [5.74, 6) is 0.925. The quantitative estimate of drug-likeness (QED) is 0.822. The number of nitrogens with zero attached hydrogens (tertiary/aromatic N) is 5. The number of rotatable bonds is 3. The van der Waals surface area contributed by atoms with Crippen LogP contribution in [0.1, 0.15) is 5.69 Å². The minimum Gasteiger partial charge on any atom is -0.404 e. The lowest BCUT2D eigenvalue weighted by Crippen LogP contribution is -2.00. The van der Waals surface area contributed by atoms with Crippen LogP contribution in [0, 0.1) is 6.92 Å². The van der Waals surface area contributed by atoms with Crippen molar-refractivity contribution in [2.24, 2.45) is 7.05 Å². The fourth-order valence-corrected chi connectivity index (χ4v) is 1.16. The first-order chi connectivity index (χ1) is 7.67. The molecule has 0 aliphatic rings. The molecule has 2 aromatic heterocycles. The zero-order valence-electron chi connectivity index (χ0n) is 9.30. The number of nitrogens with one attached hydrogen (secondary N) is 1. The molecule has 16 heavy (non-hydrogen) atoms. The highest BCUT2D eigenvalue weighted by atomic mass is 16.5. The van der Waals surface area contributed by atoms with E-state index in [1.807, 2.05) is 6.92 Å². The zero-order chi connectivity index (χ0) is 11.5. The van der Waals surface area contributed by atoms with Gasteiger partial charge in [-0.05, 0) is 6.92 Å². The molecule has 0 amide bonds. The Hall–Kier alpha value is -2.18. The molecule has 2 aromatic rings. The molecule has 0 saturated heterocycles. The van der Waals surface area contributed by atoms with Crippen molar-refractivity contribution < 1.29 is 4.74 Å². The van der Waals surface area contributed by atoms with Crippen molar-refractivity contribution in [2.75, 3.05) is 12.4 Å². The molecular formula is C9H12N6O. The molecule has 1 N–H and O–H groups in total. The minimum atomic E-state index is 0.266. The van der Waals surface area contributed by atoms with Crippen LogP contribution in [0.5, 0.6) is 11.9 Å². The van der Waals surface area contributed by atoms with Gasteiger partial charge in [0.05, 0.1) is 0 Å². The largest absolute Gasteiger partial charge is 0.404 e. The van der Waals surface area contributed by atoms with E-state index in [2.05, 4.69) is 25.4 Å². The van der Waals surface area contributed by atoms with Gasteiger partial charge in [0.25, 0.3) is 0 Å². The Bertz CT molecular complexity index is 494. The van der Waals surface area contributed by atoms with Crippen LogP contribution in [0.15, 0.2) is 12.4 Å². The van der Waals surface area contributed by atoms with Gasteiger partial charge in [-0.3, -0.25) is 4.68 Å². The Labute approximate surface area is 92.5 Å². The number of hydrogen-bond acceptors (Lipinski definition) is 6. The number of hydrogen-bond donors (Lipinski definition) is 1. The Morgan fingerprint density at radius 1 is 1.38 bits per heavy atom. The van der Waals surface area contributed by atoms with Gasteiger partial charge < -0.3 is 10.1 Å². The normalized spacial score (nSPS) is 10.2. The average molecular weight is 220 g/mol. The molecule has 7 nitrogen and oxygen atoms in total. The van der Waals surface area contributed by atoms with Crippen LogP contribution in [0.25, 0.3) is 0 Å². The first-order valence-corrected chi connectivity index (χ1v) is 4.74. The SMILES string of the molecule is CNc1nc(C)cc(Oc2ncn(C)n2)n1. The van der Waals surface area contributed by atoms with E-state index in [9.17, 15) is 0 Å². The Kier molecular flexibility index (Phi) is 2.67. The highest BCUT2D eigenvalue weighted by molar-refractivity contribution is 5.30. The van der Waals surface area contributed by atoms with Gasteiger partial charge in [0.15, 0.2) is 0 Å². The van der Waals surface area contributed by atoms with Crippen molar-refractivity contribution >= 4 is 5.95 Å². The smallest absolute Gasteiger partial charge is 0.342 e. The monoisotopic (exact) mass is 220 g/mol. The van der Waals surface area contributed by atoms with E-state index in [1.54, 1.807) is 31.2 Å². The van der Waals surface area contributed by atoms with Gasteiger partial charge in [0.2, 0.25) is 11.8 Å². The molecule has 2 rings (SSSR count). The van der Waals surface area contributed by atoms with Crippen molar-refractivity contribution in [3.63, 3.8) is 0 Å². The van der Waals surface area contributed by atoms with Gasteiger partial charge in [-0.15, -0.1) is 5.10 Å². The molecule has 0 unspecified atom stereocenters. The van der Waals surface area contributed by atoms with Crippen LogP contribution < -0.4 is 10.1 Å². The van der Waals surface area contributed by atoms with Gasteiger partial charge >= 0.3 is 6.01 Å². The van der Waals surface area contributed by atoms with Gasteiger partial charge in [0.1, 0.15) is 6.33 Å². The molecule has 0 aliphatic heterocycles. The standard InChI is InChI=1S/C9H12N6O/c1-6-4-7(13-8(10-2)12-6)16-9-11-5-15(3)14-9/h4-5H,1-3H3,(H,10,12,13). The van der Waals surface area contributed by atoms with Crippen LogP contribution in [0.2, 0.25) is 0 Å². The first-order valence-electron chi connectivity index (χ1n) is 4.74. The van der Waals surface area contributed by atoms with Gasteiger partial charge in [-0.2, -0.15) is 9.97 Å². The fraction of sp³-hybridized carbons (Fsp3) is 0.333. The molecule has 0 fully saturated rings. The second-order valence-corrected chi connectivity index (χ2v) is 3.22. The molecule has 0 aromatic carbocycles. The molecular weight excluding hydrogens is 208 g/mol. The second kappa shape index (κ2) is 4.13. The van der Waals surface area contributed by atoms with E-state index >= 15 is 0 Å². The topological polar surface area (TPSA) is 77.8 Å². The highest BCUT2D eigenvalue weighted by Crippen LogP contribution is 2.16. The van der Waals surface area contributed by atoms with Crippen LogP contribution in [-0.2, 0) is 7.05 Å². The third kappa shape index (κ3) is 2.25. The second-order valence-electron chi connectivity index (χ2n) is 3.22. The van der Waals surface area contributed by atoms with Gasteiger partial charge in [0, 0.05) is 25.9 Å². The average Bonchev–Trinajstić information content (AvgIpc) is 2.63. The van der Waals surface area contributed by atoms with Crippen molar-refractivity contribution in [1.29, 1.82) is 0 Å². The maximum absolute atomic E-state index is 5.39. The third-order valence-electron chi connectivity index (χ3n) is 1.83. The summed E-state index contributed by atoms with van der Waals surface area (Å²) in [7, 11) is 3.52. The van der Waals surface area contributed by atoms with E-state index in [-0.39, 0.29) is 6.01 Å². The fourth-order valence-electron chi connectivity index (χ4n) is 1.16. The summed E-state index contributed by atoms with van der Waals surface area (Å²) in [5, 5.41) is 6.84. The molecule has 0 aliphatic carbocycles. The maximum atomic E-state index is 5.39. The molecule has 7 heteroatoms. The molecule has 0 atom stereocenters. The molecule has 0 radical (unpaired) electrons. The lowest BCUT2D eigenvalue weighted by Gasteiger charge is -2.03. The van der Waals surface area contributed by atoms with Crippen LogP contribution in [0.3, 0.4) is 0 Å². The van der Waals surface area contributed by atoms with Crippen molar-refractivity contribution in [3.8, 4) is 11.9 Å². The third-order valence-corrected chi connectivity index (χ3v) is 1.83. The van der Waals surface area contributed by atoms with E-state index < -0.39 is 0 Å². The predicted molar refractivity (Wildman–Crippen MR) is 57.4 cm³/mol. The molecule has 0 spiro atoms.